The molecule has 0 spiro atoms. The summed E-state index contributed by atoms with van der Waals surface area (Å²) >= 11 is 0. The first-order valence-electron chi connectivity index (χ1n) is 5.47. The van der Waals surface area contributed by atoms with Gasteiger partial charge in [0, 0.05) is 5.54 Å². The summed E-state index contributed by atoms with van der Waals surface area (Å²) in [5.74, 6) is 1.48. The average Bonchev–Trinajstić information content (AvgIpc) is 2.09. The molecule has 0 bridgehead atoms. The van der Waals surface area contributed by atoms with Crippen LogP contribution in [0.15, 0.2) is 12.7 Å². The minimum Gasteiger partial charge on any atom is -0.347 e. The van der Waals surface area contributed by atoms with Crippen LogP contribution in [0.2, 0.25) is 0 Å². The van der Waals surface area contributed by atoms with Gasteiger partial charge >= 0.3 is 0 Å². The summed E-state index contributed by atoms with van der Waals surface area (Å²) in [6, 6.07) is 0. The molecule has 0 aromatic rings. The van der Waals surface area contributed by atoms with Crippen LogP contribution in [0.1, 0.15) is 40.0 Å². The summed E-state index contributed by atoms with van der Waals surface area (Å²) in [6.45, 7) is 10.1. The van der Waals surface area contributed by atoms with Crippen LogP contribution in [-0.2, 0) is 4.79 Å². The highest BCUT2D eigenvalue weighted by Crippen LogP contribution is 2.44. The van der Waals surface area contributed by atoms with Crippen LogP contribution in [0, 0.1) is 11.8 Å². The maximum absolute atomic E-state index is 11.2. The lowest BCUT2D eigenvalue weighted by Gasteiger charge is -2.49. The summed E-state index contributed by atoms with van der Waals surface area (Å²) in [7, 11) is 0. The molecule has 2 heteroatoms. The van der Waals surface area contributed by atoms with Gasteiger partial charge in [-0.25, -0.2) is 0 Å². The van der Waals surface area contributed by atoms with E-state index in [1.54, 1.807) is 0 Å². The fourth-order valence-corrected chi connectivity index (χ4v) is 2.21. The fraction of sp³-hybridized carbons (Fsp3) is 0.750. The highest BCUT2D eigenvalue weighted by molar-refractivity contribution is 5.87. The van der Waals surface area contributed by atoms with Crippen LogP contribution in [0.4, 0.5) is 0 Å². The zero-order valence-electron chi connectivity index (χ0n) is 9.47. The molecule has 0 aliphatic heterocycles. The Hall–Kier alpha value is -0.790. The second-order valence-electron chi connectivity index (χ2n) is 4.74. The van der Waals surface area contributed by atoms with Gasteiger partial charge in [-0.05, 0) is 37.2 Å². The minimum absolute atomic E-state index is 0.0333. The van der Waals surface area contributed by atoms with Crippen LogP contribution in [0.3, 0.4) is 0 Å². The Labute approximate surface area is 86.8 Å². The van der Waals surface area contributed by atoms with Crippen LogP contribution >= 0.6 is 0 Å². The van der Waals surface area contributed by atoms with Gasteiger partial charge in [0.1, 0.15) is 0 Å². The monoisotopic (exact) mass is 195 g/mol. The van der Waals surface area contributed by atoms with Gasteiger partial charge < -0.3 is 5.32 Å². The molecule has 1 rings (SSSR count). The second kappa shape index (κ2) is 4.16. The van der Waals surface area contributed by atoms with Crippen molar-refractivity contribution in [3.05, 3.63) is 12.7 Å². The molecule has 14 heavy (non-hydrogen) atoms. The summed E-state index contributed by atoms with van der Waals surface area (Å²) < 4.78 is 0. The molecule has 1 fully saturated rings. The Morgan fingerprint density at radius 2 is 2.21 bits per heavy atom. The Bertz CT molecular complexity index is 226. The van der Waals surface area contributed by atoms with E-state index in [1.807, 2.05) is 0 Å². The van der Waals surface area contributed by atoms with Crippen LogP contribution in [0.25, 0.3) is 0 Å². The SMILES string of the molecule is C=CC(=O)NC1(CC)CC(C(C)C)C1. The van der Waals surface area contributed by atoms with Crippen molar-refractivity contribution >= 4 is 5.91 Å². The summed E-state index contributed by atoms with van der Waals surface area (Å²) in [5, 5.41) is 3.06. The Kier molecular flexibility index (Phi) is 3.35. The van der Waals surface area contributed by atoms with Gasteiger partial charge in [0.05, 0.1) is 0 Å². The zero-order valence-corrected chi connectivity index (χ0v) is 9.47. The second-order valence-corrected chi connectivity index (χ2v) is 4.74. The molecule has 0 unspecified atom stereocenters. The summed E-state index contributed by atoms with van der Waals surface area (Å²) in [5.41, 5.74) is 0.0697. The molecule has 0 saturated heterocycles. The summed E-state index contributed by atoms with van der Waals surface area (Å²) in [6.07, 6.45) is 4.64. The van der Waals surface area contributed by atoms with E-state index in [1.165, 1.54) is 6.08 Å². The molecular formula is C12H21NO. The highest BCUT2D eigenvalue weighted by atomic mass is 16.1. The van der Waals surface area contributed by atoms with E-state index >= 15 is 0 Å². The largest absolute Gasteiger partial charge is 0.347 e. The third-order valence-electron chi connectivity index (χ3n) is 3.50. The molecule has 0 radical (unpaired) electrons. The van der Waals surface area contributed by atoms with Gasteiger partial charge in [-0.1, -0.05) is 27.4 Å². The molecule has 1 N–H and O–H groups in total. The number of carbonyl (C=O) groups is 1. The Morgan fingerprint density at radius 3 is 2.57 bits per heavy atom. The molecule has 0 aromatic carbocycles. The fourth-order valence-electron chi connectivity index (χ4n) is 2.21. The van der Waals surface area contributed by atoms with Crippen molar-refractivity contribution in [1.29, 1.82) is 0 Å². The van der Waals surface area contributed by atoms with Gasteiger partial charge in [0.2, 0.25) is 5.91 Å². The first kappa shape index (κ1) is 11.3. The molecule has 0 aromatic heterocycles. The van der Waals surface area contributed by atoms with Gasteiger partial charge in [-0.15, -0.1) is 0 Å². The third-order valence-corrected chi connectivity index (χ3v) is 3.50. The van der Waals surface area contributed by atoms with E-state index in [0.29, 0.717) is 0 Å². The molecule has 1 amide bonds. The lowest BCUT2D eigenvalue weighted by molar-refractivity contribution is -0.120. The van der Waals surface area contributed by atoms with Crippen molar-refractivity contribution in [3.63, 3.8) is 0 Å². The van der Waals surface area contributed by atoms with Crippen LogP contribution in [-0.4, -0.2) is 11.4 Å². The molecule has 0 heterocycles. The topological polar surface area (TPSA) is 29.1 Å². The predicted octanol–water partition coefficient (Wildman–Crippen LogP) is 2.50. The first-order valence-corrected chi connectivity index (χ1v) is 5.47. The van der Waals surface area contributed by atoms with E-state index in [9.17, 15) is 4.79 Å². The third kappa shape index (κ3) is 2.17. The first-order chi connectivity index (χ1) is 6.53. The molecule has 80 valence electrons. The maximum atomic E-state index is 11.2. The maximum Gasteiger partial charge on any atom is 0.243 e. The van der Waals surface area contributed by atoms with E-state index in [0.717, 1.165) is 31.1 Å². The minimum atomic E-state index is -0.0333. The van der Waals surface area contributed by atoms with Crippen molar-refractivity contribution in [1.82, 2.24) is 5.32 Å². The number of carbonyl (C=O) groups excluding carboxylic acids is 1. The smallest absolute Gasteiger partial charge is 0.243 e. The number of rotatable bonds is 4. The highest BCUT2D eigenvalue weighted by Gasteiger charge is 2.44. The lowest BCUT2D eigenvalue weighted by Crippen LogP contribution is -2.57. The Balaban J connectivity index is 2.48. The molecular weight excluding hydrogens is 174 g/mol. The number of amides is 1. The normalized spacial score (nSPS) is 31.0. The standard InChI is InChI=1S/C12H21NO/c1-5-11(14)13-12(6-2)7-10(8-12)9(3)4/h5,9-10H,1,6-8H2,2-4H3,(H,13,14). The zero-order chi connectivity index (χ0) is 10.8. The summed E-state index contributed by atoms with van der Waals surface area (Å²) in [4.78, 5) is 11.2. The predicted molar refractivity (Wildman–Crippen MR) is 58.9 cm³/mol. The van der Waals surface area contributed by atoms with E-state index in [4.69, 9.17) is 0 Å². The Morgan fingerprint density at radius 1 is 1.64 bits per heavy atom. The molecule has 0 atom stereocenters. The van der Waals surface area contributed by atoms with E-state index in [-0.39, 0.29) is 11.4 Å². The van der Waals surface area contributed by atoms with Gasteiger partial charge in [-0.3, -0.25) is 4.79 Å². The van der Waals surface area contributed by atoms with Crippen molar-refractivity contribution in [2.45, 2.75) is 45.6 Å². The molecule has 1 aliphatic rings. The quantitative estimate of drug-likeness (QED) is 0.686. The van der Waals surface area contributed by atoms with E-state index < -0.39 is 0 Å². The van der Waals surface area contributed by atoms with Gasteiger partial charge in [0.25, 0.3) is 0 Å². The van der Waals surface area contributed by atoms with Crippen molar-refractivity contribution in [2.24, 2.45) is 11.8 Å². The van der Waals surface area contributed by atoms with Gasteiger partial charge in [0.15, 0.2) is 0 Å². The number of hydrogen-bond acceptors (Lipinski definition) is 1. The van der Waals surface area contributed by atoms with Crippen molar-refractivity contribution in [3.8, 4) is 0 Å². The lowest BCUT2D eigenvalue weighted by atomic mass is 9.63. The van der Waals surface area contributed by atoms with Gasteiger partial charge in [-0.2, -0.15) is 0 Å². The van der Waals surface area contributed by atoms with E-state index in [2.05, 4.69) is 32.7 Å². The number of hydrogen-bond donors (Lipinski definition) is 1. The van der Waals surface area contributed by atoms with Crippen LogP contribution < -0.4 is 5.32 Å². The molecule has 2 nitrogen and oxygen atoms in total. The molecule has 1 aliphatic carbocycles. The molecule has 1 saturated carbocycles. The number of nitrogens with one attached hydrogen (secondary N) is 1. The average molecular weight is 195 g/mol. The van der Waals surface area contributed by atoms with Crippen LogP contribution in [0.5, 0.6) is 0 Å². The van der Waals surface area contributed by atoms with Crippen molar-refractivity contribution in [2.75, 3.05) is 0 Å². The van der Waals surface area contributed by atoms with Crippen molar-refractivity contribution < 1.29 is 4.79 Å².